The molecule has 0 bridgehead atoms. The minimum Gasteiger partial charge on any atom is -0.491 e. The van der Waals surface area contributed by atoms with Gasteiger partial charge in [-0.3, -0.25) is 0 Å². The van der Waals surface area contributed by atoms with E-state index in [1.807, 2.05) is 7.05 Å². The second-order valence-electron chi connectivity index (χ2n) is 3.40. The second kappa shape index (κ2) is 6.58. The summed E-state index contributed by atoms with van der Waals surface area (Å²) in [6.07, 6.45) is 0. The van der Waals surface area contributed by atoms with Crippen molar-refractivity contribution in [2.45, 2.75) is 11.8 Å². The van der Waals surface area contributed by atoms with Crippen LogP contribution in [-0.2, 0) is 10.0 Å². The van der Waals surface area contributed by atoms with Gasteiger partial charge in [-0.25, -0.2) is 13.1 Å². The second-order valence-corrected chi connectivity index (χ2v) is 5.14. The van der Waals surface area contributed by atoms with Gasteiger partial charge in [0.25, 0.3) is 0 Å². The molecule has 2 N–H and O–H groups in total. The number of hydrogen-bond acceptors (Lipinski definition) is 4. The number of nitrogens with one attached hydrogen (secondary N) is 2. The van der Waals surface area contributed by atoms with Crippen LogP contribution in [0.4, 0.5) is 0 Å². The monoisotopic (exact) mass is 258 g/mol. The van der Waals surface area contributed by atoms with Crippen molar-refractivity contribution in [3.05, 3.63) is 24.3 Å². The van der Waals surface area contributed by atoms with Crippen LogP contribution in [0.5, 0.6) is 5.75 Å². The molecule has 1 aromatic carbocycles. The molecule has 0 amide bonds. The first-order valence-electron chi connectivity index (χ1n) is 5.48. The average molecular weight is 258 g/mol. The van der Waals surface area contributed by atoms with E-state index in [9.17, 15) is 8.42 Å². The fraction of sp³-hybridized carbons (Fsp3) is 0.455. The molecule has 0 aliphatic carbocycles. The lowest BCUT2D eigenvalue weighted by Crippen LogP contribution is -2.24. The third kappa shape index (κ3) is 3.99. The average Bonchev–Trinajstić information content (AvgIpc) is 2.30. The molecule has 6 heteroatoms. The van der Waals surface area contributed by atoms with E-state index < -0.39 is 10.0 Å². The van der Waals surface area contributed by atoms with Crippen molar-refractivity contribution in [1.82, 2.24) is 10.0 Å². The minimum atomic E-state index is -3.47. The smallest absolute Gasteiger partial charge is 0.244 e. The van der Waals surface area contributed by atoms with Gasteiger partial charge < -0.3 is 10.1 Å². The SMILES string of the molecule is CCNS(=O)(=O)c1ccccc1OCCNC. The third-order valence-electron chi connectivity index (χ3n) is 2.08. The number of ether oxygens (including phenoxy) is 1. The van der Waals surface area contributed by atoms with Gasteiger partial charge in [0.05, 0.1) is 0 Å². The summed E-state index contributed by atoms with van der Waals surface area (Å²) in [6, 6.07) is 6.61. The zero-order valence-electron chi connectivity index (χ0n) is 10.1. The topological polar surface area (TPSA) is 67.4 Å². The third-order valence-corrected chi connectivity index (χ3v) is 3.67. The molecule has 0 atom stereocenters. The van der Waals surface area contributed by atoms with Gasteiger partial charge in [-0.2, -0.15) is 0 Å². The Morgan fingerprint density at radius 1 is 1.29 bits per heavy atom. The molecule has 5 nitrogen and oxygen atoms in total. The summed E-state index contributed by atoms with van der Waals surface area (Å²) in [5.41, 5.74) is 0. The molecule has 0 radical (unpaired) electrons. The van der Waals surface area contributed by atoms with Gasteiger partial charge in [-0.15, -0.1) is 0 Å². The van der Waals surface area contributed by atoms with Crippen LogP contribution in [0, 0.1) is 0 Å². The van der Waals surface area contributed by atoms with Gasteiger partial charge in [-0.05, 0) is 19.2 Å². The summed E-state index contributed by atoms with van der Waals surface area (Å²) in [6.45, 7) is 3.18. The molecular weight excluding hydrogens is 240 g/mol. The summed E-state index contributed by atoms with van der Waals surface area (Å²) in [5, 5.41) is 2.93. The molecule has 0 aliphatic heterocycles. The molecular formula is C11H18N2O3S. The first-order valence-corrected chi connectivity index (χ1v) is 6.96. The number of rotatable bonds is 7. The molecule has 96 valence electrons. The van der Waals surface area contributed by atoms with Gasteiger partial charge in [-0.1, -0.05) is 19.1 Å². The molecule has 0 unspecified atom stereocenters. The Kier molecular flexibility index (Phi) is 5.40. The normalized spacial score (nSPS) is 11.4. The number of benzene rings is 1. The molecule has 1 aromatic rings. The molecule has 0 aliphatic rings. The maximum absolute atomic E-state index is 11.9. The van der Waals surface area contributed by atoms with Gasteiger partial charge in [0.15, 0.2) is 0 Å². The van der Waals surface area contributed by atoms with Crippen LogP contribution < -0.4 is 14.8 Å². The highest BCUT2D eigenvalue weighted by atomic mass is 32.2. The van der Waals surface area contributed by atoms with Crippen LogP contribution in [0.1, 0.15) is 6.92 Å². The summed E-state index contributed by atoms with van der Waals surface area (Å²) in [7, 11) is -1.66. The van der Waals surface area contributed by atoms with Crippen molar-refractivity contribution in [1.29, 1.82) is 0 Å². The first kappa shape index (κ1) is 14.0. The van der Waals surface area contributed by atoms with Crippen molar-refractivity contribution in [3.63, 3.8) is 0 Å². The predicted molar refractivity (Wildman–Crippen MR) is 66.7 cm³/mol. The zero-order valence-corrected chi connectivity index (χ0v) is 10.9. The molecule has 0 aromatic heterocycles. The van der Waals surface area contributed by atoms with E-state index in [1.54, 1.807) is 25.1 Å². The molecule has 0 heterocycles. The zero-order chi connectivity index (χ0) is 12.7. The Morgan fingerprint density at radius 3 is 2.65 bits per heavy atom. The van der Waals surface area contributed by atoms with E-state index in [2.05, 4.69) is 10.0 Å². The highest BCUT2D eigenvalue weighted by molar-refractivity contribution is 7.89. The van der Waals surface area contributed by atoms with Crippen LogP contribution >= 0.6 is 0 Å². The van der Waals surface area contributed by atoms with Gasteiger partial charge in [0, 0.05) is 13.1 Å². The van der Waals surface area contributed by atoms with Crippen LogP contribution in [0.15, 0.2) is 29.2 Å². The fourth-order valence-electron chi connectivity index (χ4n) is 1.32. The maximum atomic E-state index is 11.9. The van der Waals surface area contributed by atoms with Crippen LogP contribution in [0.2, 0.25) is 0 Å². The standard InChI is InChI=1S/C11H18N2O3S/c1-3-13-17(14,15)11-7-5-4-6-10(11)16-9-8-12-2/h4-7,12-13H,3,8-9H2,1-2H3. The van der Waals surface area contributed by atoms with Crippen LogP contribution in [0.3, 0.4) is 0 Å². The quantitative estimate of drug-likeness (QED) is 0.702. The van der Waals surface area contributed by atoms with Crippen molar-refractivity contribution in [2.24, 2.45) is 0 Å². The number of hydrogen-bond donors (Lipinski definition) is 2. The number of sulfonamides is 1. The Morgan fingerprint density at radius 2 is 2.00 bits per heavy atom. The van der Waals surface area contributed by atoms with Crippen LogP contribution in [0.25, 0.3) is 0 Å². The maximum Gasteiger partial charge on any atom is 0.244 e. The van der Waals surface area contributed by atoms with E-state index in [-0.39, 0.29) is 4.90 Å². The summed E-state index contributed by atoms with van der Waals surface area (Å²) in [4.78, 5) is 0.179. The lowest BCUT2D eigenvalue weighted by atomic mass is 10.3. The molecule has 0 spiro atoms. The van der Waals surface area contributed by atoms with Gasteiger partial charge in [0.1, 0.15) is 17.3 Å². The first-order chi connectivity index (χ1) is 8.11. The van der Waals surface area contributed by atoms with Crippen molar-refractivity contribution < 1.29 is 13.2 Å². The number of para-hydroxylation sites is 1. The Hall–Kier alpha value is -1.11. The summed E-state index contributed by atoms with van der Waals surface area (Å²) in [5.74, 6) is 0.378. The molecule has 0 fully saturated rings. The van der Waals surface area contributed by atoms with Gasteiger partial charge >= 0.3 is 0 Å². The Bertz CT molecular complexity index is 446. The van der Waals surface area contributed by atoms with Gasteiger partial charge in [0.2, 0.25) is 10.0 Å². The largest absolute Gasteiger partial charge is 0.491 e. The van der Waals surface area contributed by atoms with E-state index in [1.165, 1.54) is 6.07 Å². The fourth-order valence-corrected chi connectivity index (χ4v) is 2.51. The lowest BCUT2D eigenvalue weighted by molar-refractivity contribution is 0.310. The Labute approximate surface area is 102 Å². The van der Waals surface area contributed by atoms with Crippen molar-refractivity contribution >= 4 is 10.0 Å². The molecule has 0 saturated heterocycles. The Balaban J connectivity index is 2.91. The van der Waals surface area contributed by atoms with E-state index >= 15 is 0 Å². The molecule has 17 heavy (non-hydrogen) atoms. The number of likely N-dealkylation sites (N-methyl/N-ethyl adjacent to an activating group) is 1. The highest BCUT2D eigenvalue weighted by Gasteiger charge is 2.17. The molecule has 1 rings (SSSR count). The van der Waals surface area contributed by atoms with E-state index in [0.29, 0.717) is 25.4 Å². The summed E-state index contributed by atoms with van der Waals surface area (Å²) >= 11 is 0. The van der Waals surface area contributed by atoms with Crippen LogP contribution in [-0.4, -0.2) is 35.2 Å². The van der Waals surface area contributed by atoms with E-state index in [4.69, 9.17) is 4.74 Å². The molecule has 0 saturated carbocycles. The lowest BCUT2D eigenvalue weighted by Gasteiger charge is -2.11. The minimum absolute atomic E-state index is 0.179. The highest BCUT2D eigenvalue weighted by Crippen LogP contribution is 2.22. The summed E-state index contributed by atoms with van der Waals surface area (Å²) < 4.78 is 31.6. The van der Waals surface area contributed by atoms with Crippen molar-refractivity contribution in [2.75, 3.05) is 26.7 Å². The van der Waals surface area contributed by atoms with Crippen molar-refractivity contribution in [3.8, 4) is 5.75 Å². The predicted octanol–water partition coefficient (Wildman–Crippen LogP) is 0.583. The van der Waals surface area contributed by atoms with E-state index in [0.717, 1.165) is 0 Å².